The van der Waals surface area contributed by atoms with Crippen molar-refractivity contribution in [3.8, 4) is 5.75 Å². The number of alkyl halides is 2. The molecule has 15 heavy (non-hydrogen) atoms. The van der Waals surface area contributed by atoms with Crippen molar-refractivity contribution in [1.29, 1.82) is 0 Å². The molecule has 0 saturated heterocycles. The zero-order valence-electron chi connectivity index (χ0n) is 8.52. The van der Waals surface area contributed by atoms with Gasteiger partial charge < -0.3 is 10.1 Å². The zero-order chi connectivity index (χ0) is 10.9. The number of benzene rings is 1. The number of nitrogens with one attached hydrogen (secondary N) is 1. The summed E-state index contributed by atoms with van der Waals surface area (Å²) in [6.07, 6.45) is 0. The number of halogens is 2. The van der Waals surface area contributed by atoms with Crippen molar-refractivity contribution in [2.75, 3.05) is 6.61 Å². The number of fused-ring (bicyclic) bond motifs is 1. The molecule has 1 N–H and O–H groups in total. The van der Waals surface area contributed by atoms with Crippen LogP contribution in [0.5, 0.6) is 5.75 Å². The fourth-order valence-electron chi connectivity index (χ4n) is 1.57. The predicted molar refractivity (Wildman–Crippen MR) is 53.1 cm³/mol. The molecule has 0 radical (unpaired) electrons. The van der Waals surface area contributed by atoms with Gasteiger partial charge in [0.25, 0.3) is 5.92 Å². The van der Waals surface area contributed by atoms with Gasteiger partial charge in [-0.15, -0.1) is 0 Å². The molecule has 1 aliphatic heterocycles. The van der Waals surface area contributed by atoms with Gasteiger partial charge in [-0.3, -0.25) is 0 Å². The van der Waals surface area contributed by atoms with Crippen LogP contribution < -0.4 is 10.1 Å². The normalized spacial score (nSPS) is 15.1. The van der Waals surface area contributed by atoms with Crippen molar-refractivity contribution < 1.29 is 13.5 Å². The second-order valence-electron chi connectivity index (χ2n) is 3.89. The van der Waals surface area contributed by atoms with Crippen LogP contribution in [0.3, 0.4) is 0 Å². The first-order valence-corrected chi connectivity index (χ1v) is 4.88. The standard InChI is InChI=1S/C11H13F2NO/c1-11(12,13)7-15-10-3-2-8-5-14-6-9(8)4-10/h2-4,14H,5-7H2,1H3. The van der Waals surface area contributed by atoms with Crippen molar-refractivity contribution in [3.05, 3.63) is 29.3 Å². The van der Waals surface area contributed by atoms with Crippen molar-refractivity contribution >= 4 is 0 Å². The van der Waals surface area contributed by atoms with Crippen molar-refractivity contribution in [2.24, 2.45) is 0 Å². The van der Waals surface area contributed by atoms with Gasteiger partial charge in [-0.2, -0.15) is 0 Å². The summed E-state index contributed by atoms with van der Waals surface area (Å²) in [4.78, 5) is 0. The molecule has 0 aliphatic carbocycles. The summed E-state index contributed by atoms with van der Waals surface area (Å²) in [6, 6.07) is 5.47. The minimum Gasteiger partial charge on any atom is -0.487 e. The van der Waals surface area contributed by atoms with E-state index in [1.165, 1.54) is 5.56 Å². The fraction of sp³-hybridized carbons (Fsp3) is 0.455. The van der Waals surface area contributed by atoms with Crippen molar-refractivity contribution in [1.82, 2.24) is 5.32 Å². The number of hydrogen-bond acceptors (Lipinski definition) is 2. The molecule has 0 unspecified atom stereocenters. The van der Waals surface area contributed by atoms with E-state index >= 15 is 0 Å². The molecule has 1 aromatic rings. The topological polar surface area (TPSA) is 21.3 Å². The number of hydrogen-bond donors (Lipinski definition) is 1. The first-order valence-electron chi connectivity index (χ1n) is 4.88. The van der Waals surface area contributed by atoms with Gasteiger partial charge in [-0.25, -0.2) is 8.78 Å². The highest BCUT2D eigenvalue weighted by molar-refractivity contribution is 5.37. The van der Waals surface area contributed by atoms with Gasteiger partial charge in [0.15, 0.2) is 6.61 Å². The Morgan fingerprint density at radius 3 is 2.80 bits per heavy atom. The lowest BCUT2D eigenvalue weighted by atomic mass is 10.1. The molecule has 1 heterocycles. The Morgan fingerprint density at radius 1 is 1.33 bits per heavy atom. The van der Waals surface area contributed by atoms with E-state index in [4.69, 9.17) is 4.74 Å². The van der Waals surface area contributed by atoms with Crippen LogP contribution in [-0.4, -0.2) is 12.5 Å². The number of ether oxygens (including phenoxy) is 1. The van der Waals surface area contributed by atoms with E-state index in [2.05, 4.69) is 5.32 Å². The first kappa shape index (κ1) is 10.4. The molecular weight excluding hydrogens is 200 g/mol. The average Bonchev–Trinajstić information content (AvgIpc) is 2.60. The van der Waals surface area contributed by atoms with Gasteiger partial charge in [0.2, 0.25) is 0 Å². The maximum Gasteiger partial charge on any atom is 0.278 e. The summed E-state index contributed by atoms with van der Waals surface area (Å²) in [5.74, 6) is -2.27. The molecular formula is C11H13F2NO. The summed E-state index contributed by atoms with van der Waals surface area (Å²) >= 11 is 0. The van der Waals surface area contributed by atoms with Crippen LogP contribution in [-0.2, 0) is 13.1 Å². The molecule has 0 fully saturated rings. The van der Waals surface area contributed by atoms with Crippen LogP contribution in [0.15, 0.2) is 18.2 Å². The van der Waals surface area contributed by atoms with E-state index in [-0.39, 0.29) is 0 Å². The molecule has 0 aromatic heterocycles. The van der Waals surface area contributed by atoms with E-state index < -0.39 is 12.5 Å². The SMILES string of the molecule is CC(F)(F)COc1ccc2c(c1)CNC2. The molecule has 2 nitrogen and oxygen atoms in total. The lowest BCUT2D eigenvalue weighted by Crippen LogP contribution is -2.20. The van der Waals surface area contributed by atoms with Gasteiger partial charge >= 0.3 is 0 Å². The Morgan fingerprint density at radius 2 is 2.07 bits per heavy atom. The highest BCUT2D eigenvalue weighted by Gasteiger charge is 2.22. The van der Waals surface area contributed by atoms with Crippen LogP contribution in [0.4, 0.5) is 8.78 Å². The van der Waals surface area contributed by atoms with Crippen molar-refractivity contribution in [3.63, 3.8) is 0 Å². The predicted octanol–water partition coefficient (Wildman–Crippen LogP) is 2.32. The monoisotopic (exact) mass is 213 g/mol. The zero-order valence-corrected chi connectivity index (χ0v) is 8.52. The van der Waals surface area contributed by atoms with E-state index in [1.54, 1.807) is 6.07 Å². The molecule has 1 aliphatic rings. The molecule has 0 bridgehead atoms. The molecule has 4 heteroatoms. The van der Waals surface area contributed by atoms with Gasteiger partial charge in [0.05, 0.1) is 0 Å². The van der Waals surface area contributed by atoms with Crippen LogP contribution >= 0.6 is 0 Å². The Kier molecular flexibility index (Phi) is 2.61. The van der Waals surface area contributed by atoms with E-state index in [0.29, 0.717) is 5.75 Å². The lowest BCUT2D eigenvalue weighted by Gasteiger charge is -2.12. The van der Waals surface area contributed by atoms with E-state index in [9.17, 15) is 8.78 Å². The second-order valence-corrected chi connectivity index (χ2v) is 3.89. The van der Waals surface area contributed by atoms with E-state index in [0.717, 1.165) is 25.6 Å². The minimum atomic E-state index is -2.78. The number of rotatable bonds is 3. The quantitative estimate of drug-likeness (QED) is 0.832. The highest BCUT2D eigenvalue weighted by atomic mass is 19.3. The second kappa shape index (κ2) is 3.77. The summed E-state index contributed by atoms with van der Waals surface area (Å²) in [5, 5.41) is 3.18. The van der Waals surface area contributed by atoms with E-state index in [1.807, 2.05) is 12.1 Å². The Hall–Kier alpha value is -1.16. The smallest absolute Gasteiger partial charge is 0.278 e. The summed E-state index contributed by atoms with van der Waals surface area (Å²) in [6.45, 7) is 1.91. The van der Waals surface area contributed by atoms with Crippen LogP contribution in [0, 0.1) is 0 Å². The average molecular weight is 213 g/mol. The summed E-state index contributed by atoms with van der Waals surface area (Å²) < 4.78 is 30.1. The third-order valence-corrected chi connectivity index (χ3v) is 2.30. The molecule has 0 spiro atoms. The Balaban J connectivity index is 2.04. The maximum atomic E-state index is 12.5. The molecule has 0 atom stereocenters. The first-order chi connectivity index (χ1) is 7.04. The van der Waals surface area contributed by atoms with Gasteiger partial charge in [-0.05, 0) is 23.3 Å². The molecule has 1 aromatic carbocycles. The van der Waals surface area contributed by atoms with Crippen LogP contribution in [0.1, 0.15) is 18.1 Å². The van der Waals surface area contributed by atoms with Gasteiger partial charge in [0, 0.05) is 20.0 Å². The molecule has 82 valence electrons. The van der Waals surface area contributed by atoms with Gasteiger partial charge in [-0.1, -0.05) is 6.07 Å². The fourth-order valence-corrected chi connectivity index (χ4v) is 1.57. The van der Waals surface area contributed by atoms with Crippen molar-refractivity contribution in [2.45, 2.75) is 25.9 Å². The molecule has 2 rings (SSSR count). The Labute approximate surface area is 87.2 Å². The van der Waals surface area contributed by atoms with Crippen LogP contribution in [0.25, 0.3) is 0 Å². The third-order valence-electron chi connectivity index (χ3n) is 2.30. The Bertz CT molecular complexity index is 360. The maximum absolute atomic E-state index is 12.5. The molecule has 0 saturated carbocycles. The summed E-state index contributed by atoms with van der Waals surface area (Å²) in [7, 11) is 0. The third kappa shape index (κ3) is 2.65. The lowest BCUT2D eigenvalue weighted by molar-refractivity contribution is -0.0229. The largest absolute Gasteiger partial charge is 0.487 e. The van der Waals surface area contributed by atoms with Crippen LogP contribution in [0.2, 0.25) is 0 Å². The minimum absolute atomic E-state index is 0.513. The summed E-state index contributed by atoms with van der Waals surface area (Å²) in [5.41, 5.74) is 2.34. The highest BCUT2D eigenvalue weighted by Crippen LogP contribution is 2.23. The molecule has 0 amide bonds. The van der Waals surface area contributed by atoms with Gasteiger partial charge in [0.1, 0.15) is 5.75 Å².